The van der Waals surface area contributed by atoms with E-state index in [9.17, 15) is 13.2 Å². The monoisotopic (exact) mass is 473 g/mol. The minimum atomic E-state index is -4.14. The molecule has 0 aliphatic heterocycles. The number of carbonyl (C=O) groups excluding carboxylic acids is 1. The van der Waals surface area contributed by atoms with E-state index in [-0.39, 0.29) is 23.6 Å². The third-order valence-electron chi connectivity index (χ3n) is 4.77. The molecule has 0 aromatic heterocycles. The predicted octanol–water partition coefficient (Wildman–Crippen LogP) is 5.24. The maximum atomic E-state index is 13.3. The molecule has 32 heavy (non-hydrogen) atoms. The zero-order valence-electron chi connectivity index (χ0n) is 17.8. The topological polar surface area (TPSA) is 72.9 Å². The van der Waals surface area contributed by atoms with Crippen molar-refractivity contribution in [2.75, 3.05) is 18.0 Å². The Kier molecular flexibility index (Phi) is 7.77. The number of nitrogens with zero attached hydrogens (tertiary/aromatic N) is 1. The molecule has 0 heterocycles. The molecule has 0 saturated carbocycles. The van der Waals surface area contributed by atoms with Crippen molar-refractivity contribution in [3.8, 4) is 11.5 Å². The van der Waals surface area contributed by atoms with Crippen LogP contribution in [-0.4, -0.2) is 28.0 Å². The third-order valence-corrected chi connectivity index (χ3v) is 6.79. The van der Waals surface area contributed by atoms with Crippen LogP contribution in [0.2, 0.25) is 5.02 Å². The molecule has 1 amide bonds. The average Bonchev–Trinajstić information content (AvgIpc) is 2.78. The SMILES string of the molecule is COc1ccc(N(C(=O)CCCOc2ccccc2C)S(=O)(=O)c2ccc(Cl)cc2)cc1. The highest BCUT2D eigenvalue weighted by Crippen LogP contribution is 2.28. The van der Waals surface area contributed by atoms with E-state index >= 15 is 0 Å². The van der Waals surface area contributed by atoms with Crippen molar-refractivity contribution < 1.29 is 22.7 Å². The van der Waals surface area contributed by atoms with E-state index in [0.29, 0.717) is 17.2 Å². The van der Waals surface area contributed by atoms with Gasteiger partial charge in [0.05, 0.1) is 24.3 Å². The average molecular weight is 474 g/mol. The van der Waals surface area contributed by atoms with Gasteiger partial charge >= 0.3 is 0 Å². The van der Waals surface area contributed by atoms with E-state index in [1.807, 2.05) is 31.2 Å². The molecule has 0 aliphatic rings. The van der Waals surface area contributed by atoms with Gasteiger partial charge in [-0.1, -0.05) is 29.8 Å². The second kappa shape index (κ2) is 10.5. The number of rotatable bonds is 9. The van der Waals surface area contributed by atoms with Gasteiger partial charge < -0.3 is 9.47 Å². The molecule has 3 aromatic carbocycles. The lowest BCUT2D eigenvalue weighted by molar-refractivity contribution is -0.117. The first-order chi connectivity index (χ1) is 15.3. The van der Waals surface area contributed by atoms with Gasteiger partial charge in [0, 0.05) is 11.4 Å². The Morgan fingerprint density at radius 1 is 0.969 bits per heavy atom. The fraction of sp³-hybridized carbons (Fsp3) is 0.208. The molecule has 168 valence electrons. The minimum absolute atomic E-state index is 0.00920. The van der Waals surface area contributed by atoms with E-state index in [4.69, 9.17) is 21.1 Å². The molecule has 0 aliphatic carbocycles. The minimum Gasteiger partial charge on any atom is -0.497 e. The number of halogens is 1. The fourth-order valence-corrected chi connectivity index (χ4v) is 4.65. The first-order valence-corrected chi connectivity index (χ1v) is 11.8. The third kappa shape index (κ3) is 5.60. The zero-order valence-corrected chi connectivity index (χ0v) is 19.4. The van der Waals surface area contributed by atoms with Crippen LogP contribution >= 0.6 is 11.6 Å². The van der Waals surface area contributed by atoms with Gasteiger partial charge in [-0.25, -0.2) is 12.7 Å². The molecule has 6 nitrogen and oxygen atoms in total. The number of carbonyl (C=O) groups is 1. The molecule has 0 fully saturated rings. The van der Waals surface area contributed by atoms with Gasteiger partial charge in [-0.05, 0) is 73.5 Å². The summed E-state index contributed by atoms with van der Waals surface area (Å²) in [6.45, 7) is 2.22. The van der Waals surface area contributed by atoms with E-state index in [1.165, 1.54) is 43.5 Å². The Morgan fingerprint density at radius 2 is 1.62 bits per heavy atom. The van der Waals surface area contributed by atoms with Gasteiger partial charge in [-0.2, -0.15) is 0 Å². The number of hydrogen-bond acceptors (Lipinski definition) is 5. The quantitative estimate of drug-likeness (QED) is 0.397. The van der Waals surface area contributed by atoms with Crippen molar-refractivity contribution in [3.05, 3.63) is 83.4 Å². The number of aryl methyl sites for hydroxylation is 1. The lowest BCUT2D eigenvalue weighted by Crippen LogP contribution is -2.37. The number of hydrogen-bond donors (Lipinski definition) is 0. The fourth-order valence-electron chi connectivity index (χ4n) is 3.07. The second-order valence-electron chi connectivity index (χ2n) is 7.03. The summed E-state index contributed by atoms with van der Waals surface area (Å²) in [5.41, 5.74) is 1.22. The van der Waals surface area contributed by atoms with Crippen LogP contribution in [0, 0.1) is 6.92 Å². The molecule has 3 rings (SSSR count). The molecule has 0 saturated heterocycles. The van der Waals surface area contributed by atoms with Crippen LogP contribution in [0.15, 0.2) is 77.7 Å². The Hall–Kier alpha value is -3.03. The number of methoxy groups -OCH3 is 1. The molecular formula is C24H24ClNO5S. The van der Waals surface area contributed by atoms with Gasteiger partial charge in [-0.3, -0.25) is 4.79 Å². The number of ether oxygens (including phenoxy) is 2. The summed E-state index contributed by atoms with van der Waals surface area (Å²) in [5.74, 6) is 0.732. The van der Waals surface area contributed by atoms with Gasteiger partial charge in [0.25, 0.3) is 10.0 Å². The maximum Gasteiger partial charge on any atom is 0.270 e. The summed E-state index contributed by atoms with van der Waals surface area (Å²) in [7, 11) is -2.63. The highest BCUT2D eigenvalue weighted by molar-refractivity contribution is 7.93. The molecule has 0 N–H and O–H groups in total. The highest BCUT2D eigenvalue weighted by Gasteiger charge is 2.30. The van der Waals surface area contributed by atoms with Crippen LogP contribution in [0.25, 0.3) is 0 Å². The van der Waals surface area contributed by atoms with Gasteiger partial charge in [0.15, 0.2) is 0 Å². The number of para-hydroxylation sites is 1. The first kappa shape index (κ1) is 23.6. The summed E-state index contributed by atoms with van der Waals surface area (Å²) in [5, 5.41) is 0.402. The van der Waals surface area contributed by atoms with E-state index in [0.717, 1.165) is 15.6 Å². The van der Waals surface area contributed by atoms with Crippen LogP contribution in [-0.2, 0) is 14.8 Å². The van der Waals surface area contributed by atoms with Crippen LogP contribution < -0.4 is 13.8 Å². The van der Waals surface area contributed by atoms with Gasteiger partial charge in [0.2, 0.25) is 5.91 Å². The predicted molar refractivity (Wildman–Crippen MR) is 125 cm³/mol. The number of sulfonamides is 1. The lowest BCUT2D eigenvalue weighted by atomic mass is 10.2. The Bertz CT molecular complexity index is 1160. The highest BCUT2D eigenvalue weighted by atomic mass is 35.5. The Balaban J connectivity index is 1.80. The number of anilines is 1. The molecule has 8 heteroatoms. The summed E-state index contributed by atoms with van der Waals surface area (Å²) >= 11 is 5.90. The molecule has 0 atom stereocenters. The molecule has 0 unspecified atom stereocenters. The zero-order chi connectivity index (χ0) is 23.1. The summed E-state index contributed by atoms with van der Waals surface area (Å²) in [6, 6.07) is 19.6. The summed E-state index contributed by atoms with van der Waals surface area (Å²) in [4.78, 5) is 13.1. The largest absolute Gasteiger partial charge is 0.497 e. The van der Waals surface area contributed by atoms with Crippen LogP contribution in [0.4, 0.5) is 5.69 Å². The van der Waals surface area contributed by atoms with Crippen LogP contribution in [0.1, 0.15) is 18.4 Å². The Labute approximate surface area is 193 Å². The lowest BCUT2D eigenvalue weighted by Gasteiger charge is -2.23. The molecule has 3 aromatic rings. The molecule has 0 spiro atoms. The Morgan fingerprint density at radius 3 is 2.25 bits per heavy atom. The molecule has 0 radical (unpaired) electrons. The molecular weight excluding hydrogens is 450 g/mol. The molecule has 0 bridgehead atoms. The van der Waals surface area contributed by atoms with Crippen LogP contribution in [0.5, 0.6) is 11.5 Å². The van der Waals surface area contributed by atoms with E-state index < -0.39 is 15.9 Å². The van der Waals surface area contributed by atoms with Crippen molar-refractivity contribution in [2.24, 2.45) is 0 Å². The van der Waals surface area contributed by atoms with Crippen molar-refractivity contribution in [3.63, 3.8) is 0 Å². The normalized spacial score (nSPS) is 11.1. The summed E-state index contributed by atoms with van der Waals surface area (Å²) in [6.07, 6.45) is 0.348. The van der Waals surface area contributed by atoms with Gasteiger partial charge in [-0.15, -0.1) is 0 Å². The summed E-state index contributed by atoms with van der Waals surface area (Å²) < 4.78 is 38.4. The first-order valence-electron chi connectivity index (χ1n) is 9.99. The van der Waals surface area contributed by atoms with Crippen molar-refractivity contribution in [1.82, 2.24) is 0 Å². The second-order valence-corrected chi connectivity index (χ2v) is 9.26. The van der Waals surface area contributed by atoms with E-state index in [2.05, 4.69) is 0 Å². The number of benzene rings is 3. The van der Waals surface area contributed by atoms with Crippen LogP contribution in [0.3, 0.4) is 0 Å². The van der Waals surface area contributed by atoms with Crippen molar-refractivity contribution in [1.29, 1.82) is 0 Å². The van der Waals surface area contributed by atoms with Crippen molar-refractivity contribution >= 4 is 33.2 Å². The van der Waals surface area contributed by atoms with Crippen molar-refractivity contribution in [2.45, 2.75) is 24.7 Å². The maximum absolute atomic E-state index is 13.3. The standard InChI is InChI=1S/C24H24ClNO5S/c1-18-6-3-4-7-23(18)31-17-5-8-24(27)26(20-11-13-21(30-2)14-12-20)32(28,29)22-15-9-19(25)10-16-22/h3-4,6-7,9-16H,5,8,17H2,1-2H3. The van der Waals surface area contributed by atoms with E-state index in [1.54, 1.807) is 12.1 Å². The van der Waals surface area contributed by atoms with Gasteiger partial charge in [0.1, 0.15) is 11.5 Å². The number of amides is 1. The smallest absolute Gasteiger partial charge is 0.270 e.